The van der Waals surface area contributed by atoms with E-state index in [9.17, 15) is 14.7 Å². The fourth-order valence-electron chi connectivity index (χ4n) is 4.09. The molecule has 186 valence electrons. The van der Waals surface area contributed by atoms with Gasteiger partial charge >= 0.3 is 5.97 Å². The monoisotopic (exact) mass is 497 g/mol. The molecule has 1 atom stereocenters. The highest BCUT2D eigenvalue weighted by Crippen LogP contribution is 2.26. The van der Waals surface area contributed by atoms with Crippen LogP contribution in [-0.2, 0) is 13.0 Å². The molecule has 0 aliphatic rings. The first-order chi connectivity index (χ1) is 16.7. The van der Waals surface area contributed by atoms with E-state index in [1.165, 1.54) is 12.1 Å². The maximum atomic E-state index is 15.1. The van der Waals surface area contributed by atoms with Crippen LogP contribution in [0.25, 0.3) is 11.1 Å². The topological polar surface area (TPSA) is 84.2 Å². The van der Waals surface area contributed by atoms with Crippen molar-refractivity contribution in [2.24, 2.45) is 5.92 Å². The summed E-state index contributed by atoms with van der Waals surface area (Å²) in [6, 6.07) is 12.9. The van der Waals surface area contributed by atoms with E-state index in [2.05, 4.69) is 36.9 Å². The van der Waals surface area contributed by atoms with Crippen LogP contribution >= 0.6 is 12.6 Å². The summed E-state index contributed by atoms with van der Waals surface area (Å²) < 4.78 is 16.8. The van der Waals surface area contributed by atoms with Crippen LogP contribution in [0.2, 0.25) is 0 Å². The van der Waals surface area contributed by atoms with E-state index in [0.717, 1.165) is 18.5 Å². The number of hydrogen-bond acceptors (Lipinski definition) is 4. The molecule has 0 unspecified atom stereocenters. The molecule has 2 N–H and O–H groups in total. The van der Waals surface area contributed by atoms with Crippen molar-refractivity contribution >= 4 is 24.5 Å². The zero-order valence-corrected chi connectivity index (χ0v) is 21.2. The number of rotatable bonds is 11. The van der Waals surface area contributed by atoms with E-state index in [0.29, 0.717) is 40.5 Å². The largest absolute Gasteiger partial charge is 0.478 e. The molecule has 0 bridgehead atoms. The molecule has 1 amide bonds. The van der Waals surface area contributed by atoms with Crippen LogP contribution in [0, 0.1) is 11.7 Å². The summed E-state index contributed by atoms with van der Waals surface area (Å²) in [5.41, 5.74) is 2.61. The van der Waals surface area contributed by atoms with E-state index >= 15 is 4.39 Å². The van der Waals surface area contributed by atoms with Gasteiger partial charge in [0.1, 0.15) is 11.5 Å². The number of carbonyl (C=O) groups excluding carboxylic acids is 1. The van der Waals surface area contributed by atoms with Crippen molar-refractivity contribution < 1.29 is 19.1 Å². The zero-order chi connectivity index (χ0) is 25.5. The SMILES string of the molecule is CCCc1cc(C(=O)N[C@@H](CS)CC(C)C)nn1Cc1ccc(-c2ccccc2C(=O)O)cc1F. The predicted octanol–water partition coefficient (Wildman–Crippen LogP) is 5.46. The Balaban J connectivity index is 1.85. The zero-order valence-electron chi connectivity index (χ0n) is 20.3. The molecule has 0 aliphatic heterocycles. The van der Waals surface area contributed by atoms with E-state index in [1.807, 2.05) is 6.92 Å². The molecule has 0 saturated carbocycles. The minimum Gasteiger partial charge on any atom is -0.478 e. The number of aryl methyl sites for hydroxylation is 1. The summed E-state index contributed by atoms with van der Waals surface area (Å²) in [6.07, 6.45) is 2.38. The summed E-state index contributed by atoms with van der Waals surface area (Å²) in [7, 11) is 0. The lowest BCUT2D eigenvalue weighted by Crippen LogP contribution is -2.37. The third-order valence-corrected chi connectivity index (χ3v) is 6.20. The predicted molar refractivity (Wildman–Crippen MR) is 139 cm³/mol. The molecule has 0 radical (unpaired) electrons. The lowest BCUT2D eigenvalue weighted by molar-refractivity contribution is 0.0697. The van der Waals surface area contributed by atoms with Crippen molar-refractivity contribution in [1.29, 1.82) is 0 Å². The highest BCUT2D eigenvalue weighted by molar-refractivity contribution is 7.80. The molecule has 3 rings (SSSR count). The molecule has 1 heterocycles. The summed E-state index contributed by atoms with van der Waals surface area (Å²) >= 11 is 4.35. The number of halogens is 1. The molecule has 6 nitrogen and oxygen atoms in total. The molecule has 2 aromatic carbocycles. The Bertz CT molecular complexity index is 1190. The maximum absolute atomic E-state index is 15.1. The van der Waals surface area contributed by atoms with E-state index in [4.69, 9.17) is 0 Å². The van der Waals surface area contributed by atoms with Gasteiger partial charge < -0.3 is 10.4 Å². The Morgan fingerprint density at radius 2 is 1.91 bits per heavy atom. The summed E-state index contributed by atoms with van der Waals surface area (Å²) in [4.78, 5) is 24.4. The lowest BCUT2D eigenvalue weighted by Gasteiger charge is -2.17. The minimum atomic E-state index is -1.06. The third-order valence-electron chi connectivity index (χ3n) is 5.76. The van der Waals surface area contributed by atoms with Gasteiger partial charge in [0.2, 0.25) is 0 Å². The summed E-state index contributed by atoms with van der Waals surface area (Å²) in [6.45, 7) is 6.39. The van der Waals surface area contributed by atoms with Gasteiger partial charge in [0, 0.05) is 23.1 Å². The van der Waals surface area contributed by atoms with E-state index in [-0.39, 0.29) is 24.1 Å². The molecule has 0 spiro atoms. The van der Waals surface area contributed by atoms with Crippen molar-refractivity contribution in [2.45, 2.75) is 52.6 Å². The normalized spacial score (nSPS) is 12.1. The second kappa shape index (κ2) is 12.0. The van der Waals surface area contributed by atoms with Gasteiger partial charge in [-0.3, -0.25) is 9.48 Å². The van der Waals surface area contributed by atoms with Crippen LogP contribution in [0.5, 0.6) is 0 Å². The van der Waals surface area contributed by atoms with Crippen LogP contribution in [0.15, 0.2) is 48.5 Å². The highest BCUT2D eigenvalue weighted by atomic mass is 32.1. The number of hydrogen-bond donors (Lipinski definition) is 3. The Morgan fingerprint density at radius 3 is 2.54 bits per heavy atom. The van der Waals surface area contributed by atoms with Crippen molar-refractivity contribution in [1.82, 2.24) is 15.1 Å². The molecule has 0 aliphatic carbocycles. The fourth-order valence-corrected chi connectivity index (χ4v) is 4.33. The first kappa shape index (κ1) is 26.5. The van der Waals surface area contributed by atoms with Crippen molar-refractivity contribution in [2.75, 3.05) is 5.75 Å². The number of nitrogens with zero attached hydrogens (tertiary/aromatic N) is 2. The van der Waals surface area contributed by atoms with Gasteiger partial charge in [-0.1, -0.05) is 57.5 Å². The average Bonchev–Trinajstić information content (AvgIpc) is 3.22. The number of aromatic carboxylic acids is 1. The van der Waals surface area contributed by atoms with Crippen LogP contribution in [0.4, 0.5) is 4.39 Å². The number of benzene rings is 2. The third kappa shape index (κ3) is 6.72. The second-order valence-corrected chi connectivity index (χ2v) is 9.43. The molecule has 35 heavy (non-hydrogen) atoms. The molecule has 3 aromatic rings. The number of thiol groups is 1. The van der Waals surface area contributed by atoms with E-state index in [1.54, 1.807) is 41.1 Å². The van der Waals surface area contributed by atoms with Crippen LogP contribution in [0.3, 0.4) is 0 Å². The molecular weight excluding hydrogens is 465 g/mol. The number of carboxylic acids is 1. The quantitative estimate of drug-likeness (QED) is 0.307. The standard InChI is InChI=1S/C27H32FN3O3S/c1-4-7-21-14-25(26(32)29-20(16-35)12-17(2)3)30-31(21)15-19-11-10-18(13-24(19)28)22-8-5-6-9-23(22)27(33)34/h5-6,8-11,13-14,17,20,35H,4,7,12,15-16H2,1-3H3,(H,29,32)(H,33,34)/t20-/m1/s1. The highest BCUT2D eigenvalue weighted by Gasteiger charge is 2.19. The van der Waals surface area contributed by atoms with Crippen LogP contribution in [0.1, 0.15) is 65.7 Å². The maximum Gasteiger partial charge on any atom is 0.336 e. The number of carbonyl (C=O) groups is 2. The first-order valence-electron chi connectivity index (χ1n) is 11.8. The van der Waals surface area contributed by atoms with Crippen molar-refractivity contribution in [3.05, 3.63) is 76.9 Å². The van der Waals surface area contributed by atoms with Gasteiger partial charge in [0.15, 0.2) is 0 Å². The molecule has 0 fully saturated rings. The minimum absolute atomic E-state index is 0.0516. The van der Waals surface area contributed by atoms with Gasteiger partial charge in [0.25, 0.3) is 5.91 Å². The van der Waals surface area contributed by atoms with Gasteiger partial charge in [-0.25, -0.2) is 9.18 Å². The van der Waals surface area contributed by atoms with E-state index < -0.39 is 11.8 Å². The lowest BCUT2D eigenvalue weighted by atomic mass is 9.98. The van der Waals surface area contributed by atoms with Crippen molar-refractivity contribution in [3.8, 4) is 11.1 Å². The average molecular weight is 498 g/mol. The second-order valence-electron chi connectivity index (χ2n) is 9.07. The fraction of sp³-hybridized carbons (Fsp3) is 0.370. The van der Waals surface area contributed by atoms with Gasteiger partial charge in [-0.2, -0.15) is 17.7 Å². The Labute approximate surface area is 211 Å². The Hall–Kier alpha value is -3.13. The Kier molecular flexibility index (Phi) is 9.09. The number of carboxylic acid groups (broad SMARTS) is 1. The smallest absolute Gasteiger partial charge is 0.336 e. The molecule has 1 aromatic heterocycles. The van der Waals surface area contributed by atoms with Gasteiger partial charge in [-0.05, 0) is 48.1 Å². The summed E-state index contributed by atoms with van der Waals surface area (Å²) in [5.74, 6) is -0.825. The van der Waals surface area contributed by atoms with Crippen LogP contribution < -0.4 is 5.32 Å². The number of nitrogens with one attached hydrogen (secondary N) is 1. The molecular formula is C27H32FN3O3S. The summed E-state index contributed by atoms with van der Waals surface area (Å²) in [5, 5.41) is 16.9. The molecule has 8 heteroatoms. The number of aromatic nitrogens is 2. The van der Waals surface area contributed by atoms with Crippen LogP contribution in [-0.4, -0.2) is 38.6 Å². The van der Waals surface area contributed by atoms with Gasteiger partial charge in [-0.15, -0.1) is 0 Å². The van der Waals surface area contributed by atoms with Gasteiger partial charge in [0.05, 0.1) is 12.1 Å². The van der Waals surface area contributed by atoms with Crippen molar-refractivity contribution in [3.63, 3.8) is 0 Å². The Morgan fingerprint density at radius 1 is 1.17 bits per heavy atom. The number of amides is 1. The first-order valence-corrected chi connectivity index (χ1v) is 12.5. The molecule has 0 saturated heterocycles.